The molecule has 0 amide bonds. The lowest BCUT2D eigenvalue weighted by Gasteiger charge is -2.29. The standard InChI is InChI=1S/C13H26O2/c1-10(2)15-9-8-13(14)12-6-4-11(3)5-7-12/h10-14H,4-9H2,1-3H3. The van der Waals surface area contributed by atoms with Gasteiger partial charge in [-0.3, -0.25) is 0 Å². The lowest BCUT2D eigenvalue weighted by atomic mass is 9.79. The van der Waals surface area contributed by atoms with Gasteiger partial charge in [0, 0.05) is 6.61 Å². The Kier molecular flexibility index (Phi) is 5.62. The van der Waals surface area contributed by atoms with Crippen molar-refractivity contribution in [3.05, 3.63) is 0 Å². The maximum Gasteiger partial charge on any atom is 0.0590 e. The molecular formula is C13H26O2. The normalized spacial score (nSPS) is 29.4. The van der Waals surface area contributed by atoms with E-state index >= 15 is 0 Å². The average molecular weight is 214 g/mol. The molecule has 1 rings (SSSR count). The summed E-state index contributed by atoms with van der Waals surface area (Å²) in [4.78, 5) is 0. The van der Waals surface area contributed by atoms with Gasteiger partial charge in [0.05, 0.1) is 12.2 Å². The van der Waals surface area contributed by atoms with Gasteiger partial charge in [-0.05, 0) is 44.9 Å². The Hall–Kier alpha value is -0.0800. The molecule has 1 aliphatic rings. The largest absolute Gasteiger partial charge is 0.393 e. The summed E-state index contributed by atoms with van der Waals surface area (Å²) in [7, 11) is 0. The summed E-state index contributed by atoms with van der Waals surface area (Å²) < 4.78 is 5.46. The molecule has 1 aliphatic carbocycles. The maximum absolute atomic E-state index is 9.99. The lowest BCUT2D eigenvalue weighted by molar-refractivity contribution is 0.0164. The van der Waals surface area contributed by atoms with Gasteiger partial charge in [0.1, 0.15) is 0 Å². The second-order valence-electron chi connectivity index (χ2n) is 5.30. The van der Waals surface area contributed by atoms with Gasteiger partial charge >= 0.3 is 0 Å². The molecule has 90 valence electrons. The van der Waals surface area contributed by atoms with Crippen molar-refractivity contribution in [1.29, 1.82) is 0 Å². The van der Waals surface area contributed by atoms with Crippen molar-refractivity contribution >= 4 is 0 Å². The molecule has 1 unspecified atom stereocenters. The van der Waals surface area contributed by atoms with Crippen LogP contribution in [0.25, 0.3) is 0 Å². The topological polar surface area (TPSA) is 29.5 Å². The highest BCUT2D eigenvalue weighted by molar-refractivity contribution is 4.75. The van der Waals surface area contributed by atoms with Crippen LogP contribution in [-0.2, 0) is 4.74 Å². The Balaban J connectivity index is 2.13. The molecule has 1 atom stereocenters. The van der Waals surface area contributed by atoms with Crippen LogP contribution in [0.2, 0.25) is 0 Å². The number of hydrogen-bond acceptors (Lipinski definition) is 2. The second-order valence-corrected chi connectivity index (χ2v) is 5.30. The fraction of sp³-hybridized carbons (Fsp3) is 1.00. The van der Waals surface area contributed by atoms with Crippen molar-refractivity contribution in [3.63, 3.8) is 0 Å². The Morgan fingerprint density at radius 1 is 1.20 bits per heavy atom. The van der Waals surface area contributed by atoms with E-state index in [4.69, 9.17) is 4.74 Å². The highest BCUT2D eigenvalue weighted by Crippen LogP contribution is 2.31. The molecule has 0 heterocycles. The number of rotatable bonds is 5. The molecule has 2 heteroatoms. The minimum Gasteiger partial charge on any atom is -0.393 e. The highest BCUT2D eigenvalue weighted by Gasteiger charge is 2.24. The van der Waals surface area contributed by atoms with Gasteiger partial charge < -0.3 is 9.84 Å². The van der Waals surface area contributed by atoms with Gasteiger partial charge in [-0.2, -0.15) is 0 Å². The number of ether oxygens (including phenoxy) is 1. The highest BCUT2D eigenvalue weighted by atomic mass is 16.5. The molecule has 0 aromatic heterocycles. The molecule has 1 fully saturated rings. The monoisotopic (exact) mass is 214 g/mol. The fourth-order valence-electron chi connectivity index (χ4n) is 2.33. The number of aliphatic hydroxyl groups excluding tert-OH is 1. The van der Waals surface area contributed by atoms with Crippen molar-refractivity contribution in [2.45, 2.75) is 65.1 Å². The van der Waals surface area contributed by atoms with Crippen LogP contribution in [0.3, 0.4) is 0 Å². The van der Waals surface area contributed by atoms with Crippen LogP contribution in [0.4, 0.5) is 0 Å². The minimum atomic E-state index is -0.142. The van der Waals surface area contributed by atoms with E-state index in [0.29, 0.717) is 12.5 Å². The summed E-state index contributed by atoms with van der Waals surface area (Å²) in [6.07, 6.45) is 5.91. The van der Waals surface area contributed by atoms with E-state index in [-0.39, 0.29) is 12.2 Å². The van der Waals surface area contributed by atoms with Crippen molar-refractivity contribution in [3.8, 4) is 0 Å². The summed E-state index contributed by atoms with van der Waals surface area (Å²) >= 11 is 0. The molecule has 0 aromatic carbocycles. The van der Waals surface area contributed by atoms with E-state index in [1.165, 1.54) is 25.7 Å². The zero-order valence-electron chi connectivity index (χ0n) is 10.4. The van der Waals surface area contributed by atoms with Crippen LogP contribution in [0.15, 0.2) is 0 Å². The first-order valence-corrected chi connectivity index (χ1v) is 6.39. The molecular weight excluding hydrogens is 188 g/mol. The molecule has 15 heavy (non-hydrogen) atoms. The molecule has 0 bridgehead atoms. The molecule has 0 saturated heterocycles. The van der Waals surface area contributed by atoms with E-state index in [9.17, 15) is 5.11 Å². The van der Waals surface area contributed by atoms with Crippen molar-refractivity contribution in [1.82, 2.24) is 0 Å². The summed E-state index contributed by atoms with van der Waals surface area (Å²) in [6.45, 7) is 7.08. The average Bonchev–Trinajstić information content (AvgIpc) is 2.18. The van der Waals surface area contributed by atoms with E-state index < -0.39 is 0 Å². The first kappa shape index (κ1) is 13.0. The van der Waals surface area contributed by atoms with Crippen molar-refractivity contribution < 1.29 is 9.84 Å². The summed E-state index contributed by atoms with van der Waals surface area (Å²) in [5.41, 5.74) is 0. The SMILES string of the molecule is CC1CCC(C(O)CCOC(C)C)CC1. The molecule has 0 radical (unpaired) electrons. The number of aliphatic hydroxyl groups is 1. The Bertz CT molecular complexity index is 160. The smallest absolute Gasteiger partial charge is 0.0590 e. The third-order valence-electron chi connectivity index (χ3n) is 3.47. The second kappa shape index (κ2) is 6.49. The van der Waals surface area contributed by atoms with Crippen LogP contribution in [0, 0.1) is 11.8 Å². The maximum atomic E-state index is 9.99. The zero-order valence-corrected chi connectivity index (χ0v) is 10.4. The fourth-order valence-corrected chi connectivity index (χ4v) is 2.33. The first-order chi connectivity index (χ1) is 7.09. The van der Waals surface area contributed by atoms with Crippen LogP contribution >= 0.6 is 0 Å². The zero-order chi connectivity index (χ0) is 11.3. The lowest BCUT2D eigenvalue weighted by Crippen LogP contribution is -2.26. The predicted molar refractivity (Wildman–Crippen MR) is 62.8 cm³/mol. The van der Waals surface area contributed by atoms with Crippen LogP contribution < -0.4 is 0 Å². The van der Waals surface area contributed by atoms with E-state index in [1.807, 2.05) is 13.8 Å². The molecule has 1 N–H and O–H groups in total. The van der Waals surface area contributed by atoms with Gasteiger partial charge in [-0.15, -0.1) is 0 Å². The first-order valence-electron chi connectivity index (χ1n) is 6.39. The minimum absolute atomic E-state index is 0.142. The van der Waals surface area contributed by atoms with E-state index in [0.717, 1.165) is 12.3 Å². The quantitative estimate of drug-likeness (QED) is 0.762. The van der Waals surface area contributed by atoms with E-state index in [1.54, 1.807) is 0 Å². The summed E-state index contributed by atoms with van der Waals surface area (Å²) in [5, 5.41) is 9.99. The van der Waals surface area contributed by atoms with Gasteiger partial charge in [-0.25, -0.2) is 0 Å². The summed E-state index contributed by atoms with van der Waals surface area (Å²) in [5.74, 6) is 1.39. The van der Waals surface area contributed by atoms with Gasteiger partial charge in [-0.1, -0.05) is 19.8 Å². The van der Waals surface area contributed by atoms with Crippen LogP contribution in [0.1, 0.15) is 52.9 Å². The Labute approximate surface area is 94.0 Å². The van der Waals surface area contributed by atoms with E-state index in [2.05, 4.69) is 6.92 Å². The van der Waals surface area contributed by atoms with Gasteiger partial charge in [0.25, 0.3) is 0 Å². The molecule has 2 nitrogen and oxygen atoms in total. The Morgan fingerprint density at radius 3 is 2.33 bits per heavy atom. The van der Waals surface area contributed by atoms with Crippen LogP contribution in [-0.4, -0.2) is 23.9 Å². The van der Waals surface area contributed by atoms with Crippen molar-refractivity contribution in [2.24, 2.45) is 11.8 Å². The van der Waals surface area contributed by atoms with Crippen molar-refractivity contribution in [2.75, 3.05) is 6.61 Å². The van der Waals surface area contributed by atoms with Crippen LogP contribution in [0.5, 0.6) is 0 Å². The third kappa shape index (κ3) is 4.98. The third-order valence-corrected chi connectivity index (χ3v) is 3.47. The molecule has 0 aliphatic heterocycles. The van der Waals surface area contributed by atoms with Gasteiger partial charge in [0.2, 0.25) is 0 Å². The predicted octanol–water partition coefficient (Wildman–Crippen LogP) is 2.99. The summed E-state index contributed by atoms with van der Waals surface area (Å²) in [6, 6.07) is 0. The molecule has 0 aromatic rings. The molecule has 1 saturated carbocycles. The molecule has 0 spiro atoms. The number of hydrogen-bond donors (Lipinski definition) is 1. The Morgan fingerprint density at radius 2 is 1.80 bits per heavy atom. The van der Waals surface area contributed by atoms with Gasteiger partial charge in [0.15, 0.2) is 0 Å².